The Hall–Kier alpha value is -0.640. The fourth-order valence-corrected chi connectivity index (χ4v) is 1.49. The molecule has 1 N–H and O–H groups in total. The Bertz CT molecular complexity index is 256. The molecule has 1 heterocycles. The highest BCUT2D eigenvalue weighted by Crippen LogP contribution is 2.01. The zero-order valence-electron chi connectivity index (χ0n) is 8.95. The average Bonchev–Trinajstić information content (AvgIpc) is 2.26. The number of alkyl halides is 1. The zero-order valence-corrected chi connectivity index (χ0v) is 9.70. The van der Waals surface area contributed by atoms with E-state index in [2.05, 4.69) is 10.3 Å². The lowest BCUT2D eigenvalue weighted by atomic mass is 10.2. The van der Waals surface area contributed by atoms with Crippen LogP contribution in [0.5, 0.6) is 0 Å². The molecule has 0 spiro atoms. The summed E-state index contributed by atoms with van der Waals surface area (Å²) >= 11 is 5.99. The van der Waals surface area contributed by atoms with Gasteiger partial charge in [0.15, 0.2) is 0 Å². The van der Waals surface area contributed by atoms with Gasteiger partial charge < -0.3 is 10.1 Å². The summed E-state index contributed by atoms with van der Waals surface area (Å²) in [5.74, 6) is 0. The summed E-state index contributed by atoms with van der Waals surface area (Å²) in [5.41, 5.74) is 1.24. The molecule has 0 aliphatic carbocycles. The second kappa shape index (κ2) is 7.63. The minimum Gasteiger partial charge on any atom is -0.383 e. The minimum atomic E-state index is 0.0972. The zero-order chi connectivity index (χ0) is 10.9. The Morgan fingerprint density at radius 1 is 1.47 bits per heavy atom. The van der Waals surface area contributed by atoms with E-state index in [0.717, 1.165) is 19.5 Å². The van der Waals surface area contributed by atoms with Gasteiger partial charge in [-0.1, -0.05) is 0 Å². The van der Waals surface area contributed by atoms with Crippen LogP contribution in [0, 0.1) is 0 Å². The van der Waals surface area contributed by atoms with E-state index in [0.29, 0.717) is 6.61 Å². The van der Waals surface area contributed by atoms with Crippen molar-refractivity contribution < 1.29 is 4.74 Å². The molecule has 84 valence electrons. The maximum atomic E-state index is 5.99. The fraction of sp³-hybridized carbons (Fsp3) is 0.545. The summed E-state index contributed by atoms with van der Waals surface area (Å²) in [7, 11) is 1.67. The van der Waals surface area contributed by atoms with E-state index in [1.54, 1.807) is 19.5 Å². The highest BCUT2D eigenvalue weighted by atomic mass is 35.5. The normalized spacial score (nSPS) is 12.7. The van der Waals surface area contributed by atoms with Gasteiger partial charge in [-0.3, -0.25) is 4.98 Å². The van der Waals surface area contributed by atoms with Crippen molar-refractivity contribution in [3.63, 3.8) is 0 Å². The number of aromatic nitrogens is 1. The monoisotopic (exact) mass is 228 g/mol. The maximum Gasteiger partial charge on any atom is 0.0626 e. The average molecular weight is 229 g/mol. The van der Waals surface area contributed by atoms with Crippen LogP contribution in [0.15, 0.2) is 24.5 Å². The van der Waals surface area contributed by atoms with Crippen molar-refractivity contribution in [2.24, 2.45) is 0 Å². The Labute approximate surface area is 95.8 Å². The van der Waals surface area contributed by atoms with Crippen LogP contribution in [-0.4, -0.2) is 30.6 Å². The van der Waals surface area contributed by atoms with E-state index >= 15 is 0 Å². The summed E-state index contributed by atoms with van der Waals surface area (Å²) in [5, 5.41) is 3.42. The molecule has 1 rings (SSSR count). The first kappa shape index (κ1) is 12.4. The molecule has 1 aromatic rings. The van der Waals surface area contributed by atoms with Crippen molar-refractivity contribution in [1.82, 2.24) is 10.3 Å². The third-order valence-corrected chi connectivity index (χ3v) is 2.40. The second-order valence-corrected chi connectivity index (χ2v) is 3.99. The Balaban J connectivity index is 2.07. The molecule has 15 heavy (non-hydrogen) atoms. The van der Waals surface area contributed by atoms with Crippen LogP contribution in [-0.2, 0) is 11.3 Å². The maximum absolute atomic E-state index is 5.99. The third kappa shape index (κ3) is 5.72. The van der Waals surface area contributed by atoms with E-state index in [-0.39, 0.29) is 5.38 Å². The highest BCUT2D eigenvalue weighted by Gasteiger charge is 2.02. The van der Waals surface area contributed by atoms with Crippen molar-refractivity contribution in [3.05, 3.63) is 30.1 Å². The molecule has 4 heteroatoms. The fourth-order valence-electron chi connectivity index (χ4n) is 1.26. The van der Waals surface area contributed by atoms with Crippen LogP contribution < -0.4 is 5.32 Å². The summed E-state index contributed by atoms with van der Waals surface area (Å²) in [6.45, 7) is 2.37. The second-order valence-electron chi connectivity index (χ2n) is 3.37. The number of hydrogen-bond donors (Lipinski definition) is 1. The third-order valence-electron chi connectivity index (χ3n) is 2.06. The molecule has 0 aliphatic heterocycles. The van der Waals surface area contributed by atoms with Crippen molar-refractivity contribution in [2.75, 3.05) is 20.3 Å². The Kier molecular flexibility index (Phi) is 6.32. The number of nitrogens with one attached hydrogen (secondary N) is 1. The molecule has 0 saturated heterocycles. The van der Waals surface area contributed by atoms with Crippen molar-refractivity contribution in [1.29, 1.82) is 0 Å². The SMILES string of the molecule is COCC(Cl)CCNCc1ccncc1. The van der Waals surface area contributed by atoms with Crippen molar-refractivity contribution in [3.8, 4) is 0 Å². The van der Waals surface area contributed by atoms with Crippen molar-refractivity contribution in [2.45, 2.75) is 18.3 Å². The molecule has 0 aliphatic rings. The van der Waals surface area contributed by atoms with E-state index in [4.69, 9.17) is 16.3 Å². The Morgan fingerprint density at radius 2 is 2.20 bits per heavy atom. The number of halogens is 1. The predicted molar refractivity (Wildman–Crippen MR) is 62.1 cm³/mol. The molecule has 1 aromatic heterocycles. The molecule has 0 bridgehead atoms. The number of hydrogen-bond acceptors (Lipinski definition) is 3. The topological polar surface area (TPSA) is 34.1 Å². The number of pyridine rings is 1. The van der Waals surface area contributed by atoms with E-state index in [1.807, 2.05) is 12.1 Å². The van der Waals surface area contributed by atoms with Crippen LogP contribution in [0.1, 0.15) is 12.0 Å². The van der Waals surface area contributed by atoms with Crippen LogP contribution in [0.3, 0.4) is 0 Å². The number of rotatable bonds is 7. The molecule has 0 amide bonds. The van der Waals surface area contributed by atoms with Gasteiger partial charge in [-0.25, -0.2) is 0 Å². The quantitative estimate of drug-likeness (QED) is 0.571. The summed E-state index contributed by atoms with van der Waals surface area (Å²) in [6, 6.07) is 4.00. The van der Waals surface area contributed by atoms with Gasteiger partial charge in [-0.15, -0.1) is 11.6 Å². The van der Waals surface area contributed by atoms with Gasteiger partial charge in [-0.05, 0) is 30.7 Å². The van der Waals surface area contributed by atoms with Gasteiger partial charge in [-0.2, -0.15) is 0 Å². The van der Waals surface area contributed by atoms with E-state index < -0.39 is 0 Å². The van der Waals surface area contributed by atoms with Crippen LogP contribution in [0.4, 0.5) is 0 Å². The van der Waals surface area contributed by atoms with Crippen LogP contribution in [0.25, 0.3) is 0 Å². The first-order chi connectivity index (χ1) is 7.33. The lowest BCUT2D eigenvalue weighted by Crippen LogP contribution is -2.20. The highest BCUT2D eigenvalue weighted by molar-refractivity contribution is 6.20. The number of nitrogens with zero attached hydrogens (tertiary/aromatic N) is 1. The molecular formula is C11H17ClN2O. The predicted octanol–water partition coefficient (Wildman–Crippen LogP) is 1.82. The molecule has 0 radical (unpaired) electrons. The number of methoxy groups -OCH3 is 1. The summed E-state index contributed by atoms with van der Waals surface area (Å²) in [4.78, 5) is 3.96. The van der Waals surface area contributed by atoms with Crippen molar-refractivity contribution >= 4 is 11.6 Å². The smallest absolute Gasteiger partial charge is 0.0626 e. The van der Waals surface area contributed by atoms with Gasteiger partial charge in [0.05, 0.1) is 12.0 Å². The summed E-state index contributed by atoms with van der Waals surface area (Å²) < 4.78 is 4.95. The molecule has 1 unspecified atom stereocenters. The van der Waals surface area contributed by atoms with E-state index in [9.17, 15) is 0 Å². The summed E-state index contributed by atoms with van der Waals surface area (Å²) in [6.07, 6.45) is 4.51. The molecule has 1 atom stereocenters. The first-order valence-corrected chi connectivity index (χ1v) is 5.49. The lowest BCUT2D eigenvalue weighted by Gasteiger charge is -2.08. The van der Waals surface area contributed by atoms with Crippen LogP contribution >= 0.6 is 11.6 Å². The van der Waals surface area contributed by atoms with Gasteiger partial charge in [0.25, 0.3) is 0 Å². The molecule has 3 nitrogen and oxygen atoms in total. The molecule has 0 saturated carbocycles. The van der Waals surface area contributed by atoms with Gasteiger partial charge >= 0.3 is 0 Å². The number of ether oxygens (including phenoxy) is 1. The first-order valence-electron chi connectivity index (χ1n) is 5.05. The molecule has 0 fully saturated rings. The molecular weight excluding hydrogens is 212 g/mol. The van der Waals surface area contributed by atoms with Crippen LogP contribution in [0.2, 0.25) is 0 Å². The van der Waals surface area contributed by atoms with Gasteiger partial charge in [0, 0.05) is 26.0 Å². The lowest BCUT2D eigenvalue weighted by molar-refractivity contribution is 0.195. The largest absolute Gasteiger partial charge is 0.383 e. The molecule has 0 aromatic carbocycles. The van der Waals surface area contributed by atoms with Gasteiger partial charge in [0.1, 0.15) is 0 Å². The standard InChI is InChI=1S/C11H17ClN2O/c1-15-9-11(12)4-7-14-8-10-2-5-13-6-3-10/h2-3,5-6,11,14H,4,7-9H2,1H3. The van der Waals surface area contributed by atoms with E-state index in [1.165, 1.54) is 5.56 Å². The minimum absolute atomic E-state index is 0.0972. The Morgan fingerprint density at radius 3 is 2.87 bits per heavy atom. The van der Waals surface area contributed by atoms with Gasteiger partial charge in [0.2, 0.25) is 0 Å².